The molecule has 1 aliphatic heterocycles. The number of hydrogen-bond acceptors (Lipinski definition) is 8. The van der Waals surface area contributed by atoms with Gasteiger partial charge in [0, 0.05) is 44.0 Å². The normalized spacial score (nSPS) is 19.1. The number of fused-ring (bicyclic) bond motifs is 1. The van der Waals surface area contributed by atoms with Crippen molar-refractivity contribution in [3.05, 3.63) is 66.6 Å². The summed E-state index contributed by atoms with van der Waals surface area (Å²) in [5, 5.41) is 9.69. The quantitative estimate of drug-likeness (QED) is 0.374. The molecule has 0 bridgehead atoms. The number of rotatable bonds is 9. The lowest BCUT2D eigenvalue weighted by atomic mass is 10.0. The number of aliphatic hydroxyl groups excluding tert-OH is 1. The fourth-order valence-electron chi connectivity index (χ4n) is 4.57. The number of carbonyl (C=O) groups is 1. The number of aryl methyl sites for hydroxylation is 1. The second-order valence-electron chi connectivity index (χ2n) is 10.3. The maximum atomic E-state index is 13.4. The van der Waals surface area contributed by atoms with E-state index in [-0.39, 0.29) is 53.6 Å². The molecule has 0 spiro atoms. The molecular weight excluding hydrogens is 570 g/mol. The Morgan fingerprint density at radius 3 is 2.51 bits per heavy atom. The van der Waals surface area contributed by atoms with Gasteiger partial charge in [-0.1, -0.05) is 25.1 Å². The van der Waals surface area contributed by atoms with E-state index in [1.165, 1.54) is 52.7 Å². The summed E-state index contributed by atoms with van der Waals surface area (Å²) in [5.41, 5.74) is 0.624. The van der Waals surface area contributed by atoms with Gasteiger partial charge in [0.1, 0.15) is 11.9 Å². The molecule has 12 nitrogen and oxygen atoms in total. The molecule has 41 heavy (non-hydrogen) atoms. The van der Waals surface area contributed by atoms with Crippen LogP contribution in [0.1, 0.15) is 19.4 Å². The highest BCUT2D eigenvalue weighted by Crippen LogP contribution is 2.30. The molecule has 0 saturated carbocycles. The average molecular weight is 606 g/mol. The summed E-state index contributed by atoms with van der Waals surface area (Å²) >= 11 is 0. The molecule has 222 valence electrons. The molecule has 0 unspecified atom stereocenters. The highest BCUT2D eigenvalue weighted by molar-refractivity contribution is 7.92. The van der Waals surface area contributed by atoms with E-state index >= 15 is 0 Å². The first-order chi connectivity index (χ1) is 19.3. The topological polar surface area (TPSA) is 151 Å². The van der Waals surface area contributed by atoms with Crippen LogP contribution in [0.25, 0.3) is 0 Å². The second kappa shape index (κ2) is 12.2. The molecule has 2 heterocycles. The Balaban J connectivity index is 1.68. The zero-order valence-electron chi connectivity index (χ0n) is 23.3. The van der Waals surface area contributed by atoms with Crippen LogP contribution in [-0.4, -0.2) is 85.5 Å². The zero-order valence-corrected chi connectivity index (χ0v) is 25.0. The van der Waals surface area contributed by atoms with Gasteiger partial charge in [-0.05, 0) is 37.3 Å². The highest BCUT2D eigenvalue weighted by atomic mass is 32.2. The molecule has 1 aromatic heterocycles. The summed E-state index contributed by atoms with van der Waals surface area (Å²) in [4.78, 5) is 19.0. The van der Waals surface area contributed by atoms with Gasteiger partial charge in [0.25, 0.3) is 10.0 Å². The third-order valence-electron chi connectivity index (χ3n) is 7.01. The first-order valence-electron chi connectivity index (χ1n) is 13.0. The Kier molecular flexibility index (Phi) is 9.07. The number of nitrogens with zero attached hydrogens (tertiary/aromatic N) is 4. The predicted molar refractivity (Wildman–Crippen MR) is 152 cm³/mol. The standard InChI is InChI=1S/C27H35N5O7S2/c1-19-14-32(20(2)17-33)27(34)13-21-12-22(29-40(35,36)26-16-30(3)18-28-26)10-11-24(21)39-25(19)15-31(4)41(37,38)23-8-6-5-7-9-23/h5-12,16,18-20,25,29,33H,13-15,17H2,1-4H3/t19-,20+,25-/m0/s1. The van der Waals surface area contributed by atoms with E-state index in [9.17, 15) is 26.7 Å². The van der Waals surface area contributed by atoms with Crippen LogP contribution >= 0.6 is 0 Å². The molecule has 2 aromatic carbocycles. The first kappa shape index (κ1) is 30.5. The van der Waals surface area contributed by atoms with Crippen molar-refractivity contribution in [3.63, 3.8) is 0 Å². The van der Waals surface area contributed by atoms with E-state index in [1.54, 1.807) is 43.1 Å². The van der Waals surface area contributed by atoms with E-state index in [0.717, 1.165) is 0 Å². The molecule has 0 radical (unpaired) electrons. The van der Waals surface area contributed by atoms with Crippen molar-refractivity contribution < 1.29 is 31.5 Å². The van der Waals surface area contributed by atoms with Crippen molar-refractivity contribution in [2.75, 3.05) is 31.5 Å². The minimum absolute atomic E-state index is 0.0125. The largest absolute Gasteiger partial charge is 0.488 e. The number of sulfonamides is 2. The van der Waals surface area contributed by atoms with Crippen LogP contribution < -0.4 is 9.46 Å². The molecule has 0 fully saturated rings. The Labute approximate surface area is 240 Å². The second-order valence-corrected chi connectivity index (χ2v) is 14.0. The van der Waals surface area contributed by atoms with Gasteiger partial charge < -0.3 is 19.3 Å². The SMILES string of the molecule is C[C@H](CO)N1C[C@H](C)[C@H](CN(C)S(=O)(=O)c2ccccc2)Oc2ccc(NS(=O)(=O)c3cn(C)cn3)cc2CC1=O. The lowest BCUT2D eigenvalue weighted by molar-refractivity contribution is -0.134. The molecule has 0 saturated heterocycles. The van der Waals surface area contributed by atoms with Crippen molar-refractivity contribution in [1.82, 2.24) is 18.8 Å². The number of hydrogen-bond donors (Lipinski definition) is 2. The number of likely N-dealkylation sites (N-methyl/N-ethyl adjacent to an activating group) is 1. The molecule has 3 aromatic rings. The van der Waals surface area contributed by atoms with Crippen LogP contribution in [0, 0.1) is 5.92 Å². The molecule has 1 aliphatic rings. The number of carbonyl (C=O) groups excluding carboxylic acids is 1. The van der Waals surface area contributed by atoms with Crippen molar-refractivity contribution in [3.8, 4) is 5.75 Å². The minimum Gasteiger partial charge on any atom is -0.488 e. The van der Waals surface area contributed by atoms with Gasteiger partial charge in [-0.15, -0.1) is 0 Å². The molecule has 3 atom stereocenters. The Morgan fingerprint density at radius 2 is 1.88 bits per heavy atom. The van der Waals surface area contributed by atoms with Crippen molar-refractivity contribution in [2.24, 2.45) is 13.0 Å². The average Bonchev–Trinajstić information content (AvgIpc) is 3.40. The van der Waals surface area contributed by atoms with Crippen LogP contribution in [0.5, 0.6) is 5.75 Å². The van der Waals surface area contributed by atoms with Gasteiger partial charge >= 0.3 is 0 Å². The van der Waals surface area contributed by atoms with Crippen molar-refractivity contribution >= 4 is 31.6 Å². The van der Waals surface area contributed by atoms with E-state index in [0.29, 0.717) is 11.3 Å². The molecule has 14 heteroatoms. The third-order valence-corrected chi connectivity index (χ3v) is 10.1. The number of benzene rings is 2. The fourth-order valence-corrected chi connectivity index (χ4v) is 6.81. The van der Waals surface area contributed by atoms with Crippen molar-refractivity contribution in [1.29, 1.82) is 0 Å². The molecule has 4 rings (SSSR count). The Hall–Kier alpha value is -3.46. The van der Waals surface area contributed by atoms with E-state index in [2.05, 4.69) is 9.71 Å². The van der Waals surface area contributed by atoms with E-state index in [4.69, 9.17) is 4.74 Å². The molecular formula is C27H35N5O7S2. The first-order valence-corrected chi connectivity index (χ1v) is 16.0. The number of aromatic nitrogens is 2. The van der Waals surface area contributed by atoms with Crippen LogP contribution in [-0.2, 0) is 38.3 Å². The smallest absolute Gasteiger partial charge is 0.280 e. The number of aliphatic hydroxyl groups is 1. The predicted octanol–water partition coefficient (Wildman–Crippen LogP) is 1.69. The summed E-state index contributed by atoms with van der Waals surface area (Å²) in [6, 6.07) is 12.2. The molecule has 2 N–H and O–H groups in total. The van der Waals surface area contributed by atoms with Crippen LogP contribution in [0.4, 0.5) is 5.69 Å². The Bertz CT molecular complexity index is 1590. The Morgan fingerprint density at radius 1 is 1.17 bits per heavy atom. The monoisotopic (exact) mass is 605 g/mol. The van der Waals surface area contributed by atoms with Gasteiger partial charge in [-0.2, -0.15) is 12.7 Å². The van der Waals surface area contributed by atoms with Gasteiger partial charge in [0.15, 0.2) is 5.03 Å². The number of amides is 1. The molecule has 1 amide bonds. The molecule has 0 aliphatic carbocycles. The lowest BCUT2D eigenvalue weighted by Gasteiger charge is -2.33. The van der Waals surface area contributed by atoms with E-state index in [1.807, 2.05) is 6.92 Å². The summed E-state index contributed by atoms with van der Waals surface area (Å²) in [5.74, 6) is -0.270. The van der Waals surface area contributed by atoms with Crippen LogP contribution in [0.15, 0.2) is 71.0 Å². The summed E-state index contributed by atoms with van der Waals surface area (Å²) < 4.78 is 63.8. The maximum Gasteiger partial charge on any atom is 0.280 e. The summed E-state index contributed by atoms with van der Waals surface area (Å²) in [6.07, 6.45) is 1.95. The van der Waals surface area contributed by atoms with Crippen molar-refractivity contribution in [2.45, 2.75) is 42.3 Å². The number of anilines is 1. The number of ether oxygens (including phenoxy) is 1. The van der Waals surface area contributed by atoms with Gasteiger partial charge in [-0.3, -0.25) is 9.52 Å². The number of nitrogens with one attached hydrogen (secondary N) is 1. The van der Waals surface area contributed by atoms with Gasteiger partial charge in [0.2, 0.25) is 15.9 Å². The summed E-state index contributed by atoms with van der Waals surface area (Å²) in [6.45, 7) is 3.53. The van der Waals surface area contributed by atoms with Gasteiger partial charge in [0.05, 0.1) is 36.8 Å². The summed E-state index contributed by atoms with van der Waals surface area (Å²) in [7, 11) is -4.68. The zero-order chi connectivity index (χ0) is 29.9. The fraction of sp³-hybridized carbons (Fsp3) is 0.407. The maximum absolute atomic E-state index is 13.4. The minimum atomic E-state index is -3.99. The number of imidazole rings is 1. The highest BCUT2D eigenvalue weighted by Gasteiger charge is 2.33. The van der Waals surface area contributed by atoms with E-state index < -0.39 is 32.2 Å². The van der Waals surface area contributed by atoms with Crippen LogP contribution in [0.2, 0.25) is 0 Å². The third kappa shape index (κ3) is 6.89. The van der Waals surface area contributed by atoms with Gasteiger partial charge in [-0.25, -0.2) is 13.4 Å². The lowest BCUT2D eigenvalue weighted by Crippen LogP contribution is -2.48. The van der Waals surface area contributed by atoms with Crippen LogP contribution in [0.3, 0.4) is 0 Å².